The van der Waals surface area contributed by atoms with Crippen LogP contribution >= 0.6 is 0 Å². The van der Waals surface area contributed by atoms with Gasteiger partial charge in [0, 0.05) is 6.54 Å². The van der Waals surface area contributed by atoms with Crippen LogP contribution in [-0.4, -0.2) is 13.0 Å². The zero-order chi connectivity index (χ0) is 9.52. The Bertz CT molecular complexity index is 246. The molecular weight excluding hydrogens is 162 g/mol. The summed E-state index contributed by atoms with van der Waals surface area (Å²) in [5.74, 6) is 0.508. The van der Waals surface area contributed by atoms with Crippen molar-refractivity contribution in [2.45, 2.75) is 19.3 Å². The summed E-state index contributed by atoms with van der Waals surface area (Å²) in [4.78, 5) is 10.0. The van der Waals surface area contributed by atoms with Gasteiger partial charge in [0.1, 0.15) is 0 Å². The van der Waals surface area contributed by atoms with E-state index in [9.17, 15) is 4.79 Å². The minimum absolute atomic E-state index is 0.508. The predicted octanol–water partition coefficient (Wildman–Crippen LogP) is 1.93. The van der Waals surface area contributed by atoms with Crippen LogP contribution in [0.25, 0.3) is 0 Å². The summed E-state index contributed by atoms with van der Waals surface area (Å²) in [6, 6.07) is 10.3. The van der Waals surface area contributed by atoms with Crippen LogP contribution in [0.2, 0.25) is 0 Å². The maximum absolute atomic E-state index is 10.0. The van der Waals surface area contributed by atoms with Gasteiger partial charge in [-0.05, 0) is 17.9 Å². The van der Waals surface area contributed by atoms with Crippen LogP contribution in [0.15, 0.2) is 30.3 Å². The molecule has 0 fully saturated rings. The Kier molecular flexibility index (Phi) is 4.03. The van der Waals surface area contributed by atoms with Crippen molar-refractivity contribution in [1.29, 1.82) is 0 Å². The quantitative estimate of drug-likeness (QED) is 0.540. The third-order valence-electron chi connectivity index (χ3n) is 2.17. The smallest absolute Gasteiger partial charge is 0.207 e. The monoisotopic (exact) mass is 177 g/mol. The van der Waals surface area contributed by atoms with Crippen LogP contribution in [0.4, 0.5) is 0 Å². The molecular formula is C11H15NO. The van der Waals surface area contributed by atoms with Gasteiger partial charge in [0.05, 0.1) is 0 Å². The normalized spacial score (nSPS) is 12.1. The first-order chi connectivity index (χ1) is 6.34. The molecule has 1 N–H and O–H groups in total. The maximum Gasteiger partial charge on any atom is 0.207 e. The Balaban J connectivity index is 2.39. The van der Waals surface area contributed by atoms with Crippen molar-refractivity contribution >= 4 is 6.41 Å². The summed E-state index contributed by atoms with van der Waals surface area (Å²) in [6.07, 6.45) is 1.74. The number of hydrogen-bond acceptors (Lipinski definition) is 1. The Morgan fingerprint density at radius 3 is 2.69 bits per heavy atom. The third kappa shape index (κ3) is 3.28. The van der Waals surface area contributed by atoms with E-state index in [-0.39, 0.29) is 0 Å². The summed E-state index contributed by atoms with van der Waals surface area (Å²) in [5.41, 5.74) is 1.33. The van der Waals surface area contributed by atoms with Crippen molar-refractivity contribution in [3.8, 4) is 0 Å². The second-order valence-corrected chi connectivity index (χ2v) is 3.17. The third-order valence-corrected chi connectivity index (χ3v) is 2.17. The highest BCUT2D eigenvalue weighted by atomic mass is 16.1. The molecule has 0 aromatic heterocycles. The molecule has 1 unspecified atom stereocenters. The minimum atomic E-state index is 0.508. The standard InChI is InChI=1S/C11H15NO/c1-10(7-8-12-9-13)11-5-3-2-4-6-11/h2-6,9-10H,7-8H2,1H3,(H,12,13). The predicted molar refractivity (Wildman–Crippen MR) is 53.5 cm³/mol. The molecule has 1 amide bonds. The minimum Gasteiger partial charge on any atom is -0.359 e. The average molecular weight is 177 g/mol. The molecule has 0 saturated heterocycles. The van der Waals surface area contributed by atoms with Gasteiger partial charge in [-0.25, -0.2) is 0 Å². The molecule has 0 aliphatic heterocycles. The van der Waals surface area contributed by atoms with E-state index < -0.39 is 0 Å². The van der Waals surface area contributed by atoms with E-state index >= 15 is 0 Å². The number of carbonyl (C=O) groups is 1. The first-order valence-corrected chi connectivity index (χ1v) is 4.56. The number of benzene rings is 1. The Morgan fingerprint density at radius 2 is 2.08 bits per heavy atom. The number of nitrogens with one attached hydrogen (secondary N) is 1. The summed E-state index contributed by atoms with van der Waals surface area (Å²) in [5, 5.41) is 2.67. The zero-order valence-electron chi connectivity index (χ0n) is 7.86. The lowest BCUT2D eigenvalue weighted by Crippen LogP contribution is -2.14. The molecule has 1 atom stereocenters. The highest BCUT2D eigenvalue weighted by molar-refractivity contribution is 5.45. The molecule has 0 heterocycles. The van der Waals surface area contributed by atoms with Crippen molar-refractivity contribution in [3.63, 3.8) is 0 Å². The summed E-state index contributed by atoms with van der Waals surface area (Å²) < 4.78 is 0. The fourth-order valence-electron chi connectivity index (χ4n) is 1.31. The van der Waals surface area contributed by atoms with Crippen LogP contribution in [-0.2, 0) is 4.79 Å². The average Bonchev–Trinajstić information content (AvgIpc) is 2.19. The van der Waals surface area contributed by atoms with E-state index in [1.165, 1.54) is 5.56 Å². The van der Waals surface area contributed by atoms with Gasteiger partial charge in [0.2, 0.25) is 6.41 Å². The van der Waals surface area contributed by atoms with Crippen LogP contribution < -0.4 is 5.32 Å². The largest absolute Gasteiger partial charge is 0.359 e. The molecule has 70 valence electrons. The molecule has 0 radical (unpaired) electrons. The van der Waals surface area contributed by atoms with Crippen molar-refractivity contribution in [2.75, 3.05) is 6.54 Å². The zero-order valence-corrected chi connectivity index (χ0v) is 7.86. The molecule has 0 aliphatic carbocycles. The van der Waals surface area contributed by atoms with Gasteiger partial charge in [-0.3, -0.25) is 4.79 Å². The van der Waals surface area contributed by atoms with Crippen LogP contribution in [0, 0.1) is 0 Å². The lowest BCUT2D eigenvalue weighted by atomic mass is 9.98. The van der Waals surface area contributed by atoms with Crippen LogP contribution in [0.1, 0.15) is 24.8 Å². The highest BCUT2D eigenvalue weighted by Crippen LogP contribution is 2.17. The molecule has 13 heavy (non-hydrogen) atoms. The Morgan fingerprint density at radius 1 is 1.38 bits per heavy atom. The molecule has 0 saturated carbocycles. The molecule has 1 rings (SSSR count). The molecule has 0 bridgehead atoms. The van der Waals surface area contributed by atoms with Gasteiger partial charge in [-0.2, -0.15) is 0 Å². The molecule has 2 heteroatoms. The molecule has 1 aromatic carbocycles. The number of hydrogen-bond donors (Lipinski definition) is 1. The second-order valence-electron chi connectivity index (χ2n) is 3.17. The van der Waals surface area contributed by atoms with Gasteiger partial charge in [0.15, 0.2) is 0 Å². The van der Waals surface area contributed by atoms with E-state index in [1.807, 2.05) is 18.2 Å². The van der Waals surface area contributed by atoms with E-state index in [1.54, 1.807) is 0 Å². The van der Waals surface area contributed by atoms with Gasteiger partial charge in [-0.15, -0.1) is 0 Å². The first-order valence-electron chi connectivity index (χ1n) is 4.56. The van der Waals surface area contributed by atoms with E-state index in [0.717, 1.165) is 19.4 Å². The van der Waals surface area contributed by atoms with Crippen LogP contribution in [0.3, 0.4) is 0 Å². The Labute approximate surface area is 79.0 Å². The summed E-state index contributed by atoms with van der Waals surface area (Å²) in [6.45, 7) is 2.92. The number of carbonyl (C=O) groups excluding carboxylic acids is 1. The topological polar surface area (TPSA) is 29.1 Å². The van der Waals surface area contributed by atoms with Crippen molar-refractivity contribution in [2.24, 2.45) is 0 Å². The summed E-state index contributed by atoms with van der Waals surface area (Å²) in [7, 11) is 0. The van der Waals surface area contributed by atoms with Gasteiger partial charge >= 0.3 is 0 Å². The molecule has 0 aliphatic rings. The second kappa shape index (κ2) is 5.36. The Hall–Kier alpha value is -1.31. The van der Waals surface area contributed by atoms with Gasteiger partial charge in [-0.1, -0.05) is 37.3 Å². The van der Waals surface area contributed by atoms with Gasteiger partial charge in [0.25, 0.3) is 0 Å². The fourth-order valence-corrected chi connectivity index (χ4v) is 1.31. The SMILES string of the molecule is CC(CCNC=O)c1ccccc1. The van der Waals surface area contributed by atoms with Gasteiger partial charge < -0.3 is 5.32 Å². The number of amides is 1. The lowest BCUT2D eigenvalue weighted by Gasteiger charge is -2.10. The van der Waals surface area contributed by atoms with E-state index in [0.29, 0.717) is 5.92 Å². The van der Waals surface area contributed by atoms with Crippen molar-refractivity contribution < 1.29 is 4.79 Å². The molecule has 0 spiro atoms. The molecule has 2 nitrogen and oxygen atoms in total. The van der Waals surface area contributed by atoms with Crippen molar-refractivity contribution in [3.05, 3.63) is 35.9 Å². The lowest BCUT2D eigenvalue weighted by molar-refractivity contribution is -0.109. The number of rotatable bonds is 5. The van der Waals surface area contributed by atoms with Crippen LogP contribution in [0.5, 0.6) is 0 Å². The molecule has 1 aromatic rings. The maximum atomic E-state index is 10.0. The first kappa shape index (κ1) is 9.78. The fraction of sp³-hybridized carbons (Fsp3) is 0.364. The van der Waals surface area contributed by atoms with Crippen molar-refractivity contribution in [1.82, 2.24) is 5.32 Å². The highest BCUT2D eigenvalue weighted by Gasteiger charge is 2.02. The summed E-state index contributed by atoms with van der Waals surface area (Å²) >= 11 is 0. The van der Waals surface area contributed by atoms with E-state index in [2.05, 4.69) is 24.4 Å². The van der Waals surface area contributed by atoms with E-state index in [4.69, 9.17) is 0 Å².